The van der Waals surface area contributed by atoms with Crippen LogP contribution in [-0.2, 0) is 11.0 Å². The summed E-state index contributed by atoms with van der Waals surface area (Å²) >= 11 is 0. The monoisotopic (exact) mass is 335 g/mol. The molecular formula is C17H16F3N3O. The van der Waals surface area contributed by atoms with Crippen molar-refractivity contribution in [2.75, 3.05) is 16.8 Å². The van der Waals surface area contributed by atoms with Gasteiger partial charge in [0.2, 0.25) is 5.91 Å². The van der Waals surface area contributed by atoms with Crippen LogP contribution in [0.3, 0.4) is 0 Å². The number of rotatable bonds is 3. The lowest BCUT2D eigenvalue weighted by Crippen LogP contribution is -2.40. The van der Waals surface area contributed by atoms with Gasteiger partial charge in [0.25, 0.3) is 0 Å². The fraction of sp³-hybridized carbons (Fsp3) is 0.294. The average molecular weight is 335 g/mol. The predicted molar refractivity (Wildman–Crippen MR) is 84.7 cm³/mol. The van der Waals surface area contributed by atoms with E-state index in [2.05, 4.69) is 10.3 Å². The van der Waals surface area contributed by atoms with Gasteiger partial charge in [-0.3, -0.25) is 4.79 Å². The van der Waals surface area contributed by atoms with E-state index in [1.165, 1.54) is 6.07 Å². The van der Waals surface area contributed by atoms with E-state index in [0.29, 0.717) is 24.5 Å². The second-order valence-electron chi connectivity index (χ2n) is 5.61. The van der Waals surface area contributed by atoms with Crippen LogP contribution in [0.25, 0.3) is 0 Å². The molecule has 1 aliphatic heterocycles. The van der Waals surface area contributed by atoms with Gasteiger partial charge in [-0.25, -0.2) is 4.98 Å². The highest BCUT2D eigenvalue weighted by Crippen LogP contribution is 2.31. The minimum absolute atomic E-state index is 0.180. The smallest absolute Gasteiger partial charge is 0.345 e. The van der Waals surface area contributed by atoms with E-state index in [9.17, 15) is 18.0 Å². The van der Waals surface area contributed by atoms with E-state index in [1.54, 1.807) is 17.0 Å². The second kappa shape index (κ2) is 6.51. The SMILES string of the molecule is O=C(Nc1ccccc1)C1CCCN1c1ccc(C(F)(F)F)cn1. The number of hydrogen-bond acceptors (Lipinski definition) is 3. The molecule has 1 atom stereocenters. The molecule has 1 N–H and O–H groups in total. The van der Waals surface area contributed by atoms with E-state index in [4.69, 9.17) is 0 Å². The van der Waals surface area contributed by atoms with Crippen molar-refractivity contribution in [2.45, 2.75) is 25.1 Å². The van der Waals surface area contributed by atoms with E-state index in [0.717, 1.165) is 18.7 Å². The molecule has 0 aliphatic carbocycles. The number of hydrogen-bond donors (Lipinski definition) is 1. The summed E-state index contributed by atoms with van der Waals surface area (Å²) in [5.74, 6) is 0.203. The van der Waals surface area contributed by atoms with Crippen LogP contribution in [0.5, 0.6) is 0 Å². The quantitative estimate of drug-likeness (QED) is 0.930. The first kappa shape index (κ1) is 16.3. The van der Waals surface area contributed by atoms with Gasteiger partial charge >= 0.3 is 6.18 Å². The molecule has 3 rings (SSSR count). The standard InChI is InChI=1S/C17H16F3N3O/c18-17(19,20)12-8-9-15(21-11-12)23-10-4-7-14(23)16(24)22-13-5-2-1-3-6-13/h1-3,5-6,8-9,11,14H,4,7,10H2,(H,22,24). The number of carbonyl (C=O) groups is 1. The van der Waals surface area contributed by atoms with Crippen LogP contribution in [0.1, 0.15) is 18.4 Å². The third-order valence-corrected chi connectivity index (χ3v) is 3.97. The molecule has 7 heteroatoms. The number of carbonyl (C=O) groups excluding carboxylic acids is 1. The summed E-state index contributed by atoms with van der Waals surface area (Å²) in [6, 6.07) is 10.9. The van der Waals surface area contributed by atoms with Crippen molar-refractivity contribution in [2.24, 2.45) is 0 Å². The number of nitrogens with one attached hydrogen (secondary N) is 1. The molecular weight excluding hydrogens is 319 g/mol. The number of alkyl halides is 3. The Morgan fingerprint density at radius 3 is 2.54 bits per heavy atom. The Kier molecular flexibility index (Phi) is 4.42. The van der Waals surface area contributed by atoms with Crippen LogP contribution in [0.2, 0.25) is 0 Å². The van der Waals surface area contributed by atoms with Crippen LogP contribution >= 0.6 is 0 Å². The highest BCUT2D eigenvalue weighted by atomic mass is 19.4. The maximum absolute atomic E-state index is 12.6. The Hall–Kier alpha value is -2.57. The molecule has 126 valence electrons. The van der Waals surface area contributed by atoms with Gasteiger partial charge in [-0.05, 0) is 37.1 Å². The molecule has 1 fully saturated rings. The highest BCUT2D eigenvalue weighted by molar-refractivity contribution is 5.97. The molecule has 0 saturated carbocycles. The molecule has 1 unspecified atom stereocenters. The van der Waals surface area contributed by atoms with Gasteiger partial charge in [-0.15, -0.1) is 0 Å². The Morgan fingerprint density at radius 2 is 1.92 bits per heavy atom. The van der Waals surface area contributed by atoms with Gasteiger partial charge in [-0.1, -0.05) is 18.2 Å². The first-order chi connectivity index (χ1) is 11.4. The fourth-order valence-electron chi connectivity index (χ4n) is 2.78. The lowest BCUT2D eigenvalue weighted by atomic mass is 10.2. The lowest BCUT2D eigenvalue weighted by molar-refractivity contribution is -0.137. The minimum Gasteiger partial charge on any atom is -0.345 e. The van der Waals surface area contributed by atoms with Crippen LogP contribution in [0, 0.1) is 0 Å². The zero-order chi connectivity index (χ0) is 17.2. The summed E-state index contributed by atoms with van der Waals surface area (Å²) in [6.45, 7) is 0.589. The van der Waals surface area contributed by atoms with Crippen LogP contribution in [-0.4, -0.2) is 23.5 Å². The number of anilines is 2. The van der Waals surface area contributed by atoms with Gasteiger partial charge in [-0.2, -0.15) is 13.2 Å². The second-order valence-corrected chi connectivity index (χ2v) is 5.61. The number of pyridine rings is 1. The van der Waals surface area contributed by atoms with Crippen molar-refractivity contribution >= 4 is 17.4 Å². The topological polar surface area (TPSA) is 45.2 Å². The number of benzene rings is 1. The Labute approximate surface area is 137 Å². The zero-order valence-electron chi connectivity index (χ0n) is 12.8. The average Bonchev–Trinajstić information content (AvgIpc) is 3.05. The molecule has 2 aromatic rings. The summed E-state index contributed by atoms with van der Waals surface area (Å²) in [4.78, 5) is 18.1. The normalized spacial score (nSPS) is 17.8. The zero-order valence-corrected chi connectivity index (χ0v) is 12.8. The molecule has 0 spiro atoms. The lowest BCUT2D eigenvalue weighted by Gasteiger charge is -2.25. The van der Waals surface area contributed by atoms with Gasteiger partial charge in [0.15, 0.2) is 0 Å². The molecule has 1 amide bonds. The maximum atomic E-state index is 12.6. The van der Waals surface area contributed by atoms with Crippen molar-refractivity contribution in [1.82, 2.24) is 4.98 Å². The van der Waals surface area contributed by atoms with Gasteiger partial charge in [0.05, 0.1) is 5.56 Å². The molecule has 24 heavy (non-hydrogen) atoms. The van der Waals surface area contributed by atoms with E-state index >= 15 is 0 Å². The van der Waals surface area contributed by atoms with Crippen molar-refractivity contribution in [3.05, 3.63) is 54.2 Å². The number of aromatic nitrogens is 1. The number of nitrogens with zero attached hydrogens (tertiary/aromatic N) is 2. The van der Waals surface area contributed by atoms with Crippen molar-refractivity contribution in [3.63, 3.8) is 0 Å². The summed E-state index contributed by atoms with van der Waals surface area (Å²) < 4.78 is 37.9. The molecule has 1 aromatic carbocycles. The first-order valence-electron chi connectivity index (χ1n) is 7.61. The molecule has 0 bridgehead atoms. The summed E-state index contributed by atoms with van der Waals surface area (Å²) in [7, 11) is 0. The Bertz CT molecular complexity index is 701. The Morgan fingerprint density at radius 1 is 1.17 bits per heavy atom. The van der Waals surface area contributed by atoms with Gasteiger partial charge in [0.1, 0.15) is 11.9 Å². The predicted octanol–water partition coefficient (Wildman–Crippen LogP) is 3.71. The van der Waals surface area contributed by atoms with E-state index in [1.807, 2.05) is 18.2 Å². The molecule has 1 saturated heterocycles. The van der Waals surface area contributed by atoms with Crippen molar-refractivity contribution in [3.8, 4) is 0 Å². The molecule has 4 nitrogen and oxygen atoms in total. The maximum Gasteiger partial charge on any atom is 0.417 e. The van der Waals surface area contributed by atoms with Crippen LogP contribution in [0.4, 0.5) is 24.7 Å². The number of amides is 1. The Balaban J connectivity index is 1.74. The third kappa shape index (κ3) is 3.50. The summed E-state index contributed by atoms with van der Waals surface area (Å²) in [6.07, 6.45) is -2.18. The molecule has 1 aromatic heterocycles. The minimum atomic E-state index is -4.42. The van der Waals surface area contributed by atoms with Crippen molar-refractivity contribution < 1.29 is 18.0 Å². The van der Waals surface area contributed by atoms with E-state index in [-0.39, 0.29) is 5.91 Å². The third-order valence-electron chi connectivity index (χ3n) is 3.97. The molecule has 0 radical (unpaired) electrons. The largest absolute Gasteiger partial charge is 0.417 e. The summed E-state index contributed by atoms with van der Waals surface area (Å²) in [5, 5.41) is 2.83. The first-order valence-corrected chi connectivity index (χ1v) is 7.61. The highest BCUT2D eigenvalue weighted by Gasteiger charge is 2.34. The van der Waals surface area contributed by atoms with Gasteiger partial charge in [0, 0.05) is 18.4 Å². The van der Waals surface area contributed by atoms with E-state index < -0.39 is 17.8 Å². The van der Waals surface area contributed by atoms with Gasteiger partial charge < -0.3 is 10.2 Å². The molecule has 2 heterocycles. The summed E-state index contributed by atoms with van der Waals surface area (Å²) in [5.41, 5.74) is -0.106. The van der Waals surface area contributed by atoms with Crippen LogP contribution < -0.4 is 10.2 Å². The fourth-order valence-corrected chi connectivity index (χ4v) is 2.78. The number of para-hydroxylation sites is 1. The number of halogens is 3. The van der Waals surface area contributed by atoms with Crippen LogP contribution in [0.15, 0.2) is 48.7 Å². The van der Waals surface area contributed by atoms with Crippen molar-refractivity contribution in [1.29, 1.82) is 0 Å². The molecule has 1 aliphatic rings.